The van der Waals surface area contributed by atoms with Crippen LogP contribution in [0.15, 0.2) is 41.4 Å². The van der Waals surface area contributed by atoms with Crippen LogP contribution in [0.25, 0.3) is 22.4 Å². The predicted octanol–water partition coefficient (Wildman–Crippen LogP) is 5.32. The lowest BCUT2D eigenvalue weighted by Gasteiger charge is -2.14. The molecule has 8 heteroatoms. The number of amidine groups is 1. The number of rotatable bonds is 8. The van der Waals surface area contributed by atoms with E-state index in [2.05, 4.69) is 27.1 Å². The molecule has 0 saturated carbocycles. The third-order valence-electron chi connectivity index (χ3n) is 5.54. The second kappa shape index (κ2) is 10.4. The summed E-state index contributed by atoms with van der Waals surface area (Å²) in [5.74, 6) is 1.68. The van der Waals surface area contributed by atoms with Gasteiger partial charge >= 0.3 is 0 Å². The first-order valence-electron chi connectivity index (χ1n) is 11.1. The first kappa shape index (κ1) is 22.6. The number of benzene rings is 2. The van der Waals surface area contributed by atoms with Gasteiger partial charge in [0.15, 0.2) is 0 Å². The molecular weight excluding hydrogens is 445 g/mol. The van der Waals surface area contributed by atoms with Gasteiger partial charge in [-0.1, -0.05) is 36.5 Å². The molecule has 0 aliphatic carbocycles. The van der Waals surface area contributed by atoms with Gasteiger partial charge < -0.3 is 15.2 Å². The third kappa shape index (κ3) is 5.08. The Balaban J connectivity index is 1.58. The molecule has 2 heterocycles. The molecule has 0 fully saturated rings. The predicted molar refractivity (Wildman–Crippen MR) is 132 cm³/mol. The summed E-state index contributed by atoms with van der Waals surface area (Å²) >= 11 is 12.4. The molecule has 2 aromatic carbocycles. The van der Waals surface area contributed by atoms with Crippen LogP contribution in [0, 0.1) is 0 Å². The van der Waals surface area contributed by atoms with E-state index in [1.807, 2.05) is 30.3 Å². The number of halogens is 2. The first-order chi connectivity index (χ1) is 15.6. The average Bonchev–Trinajstić information content (AvgIpc) is 3.17. The van der Waals surface area contributed by atoms with Crippen molar-refractivity contribution in [2.45, 2.75) is 39.2 Å². The number of aliphatic imine (C=N–C) groups is 1. The fraction of sp³-hybridized carbons (Fsp3) is 0.375. The van der Waals surface area contributed by atoms with Crippen LogP contribution in [-0.4, -0.2) is 40.9 Å². The van der Waals surface area contributed by atoms with Crippen LogP contribution in [0.5, 0.6) is 0 Å². The van der Waals surface area contributed by atoms with Crippen molar-refractivity contribution in [1.29, 1.82) is 0 Å². The quantitative estimate of drug-likeness (QED) is 0.466. The standard InChI is InChI=1S/C24H27Cl2N5O/c1-2-3-13-31-21-8-6-17(24(32)29-12-9-22-27-10-4-11-28-22)15-20(21)30-23(31)16-5-7-18(25)19(26)14-16/h5-8,14-15H,2-4,9-13H2,1H3,(H,27,28)(H,29,32). The summed E-state index contributed by atoms with van der Waals surface area (Å²) in [6.45, 7) is 5.35. The van der Waals surface area contributed by atoms with E-state index in [0.29, 0.717) is 28.6 Å². The molecule has 0 unspecified atom stereocenters. The highest BCUT2D eigenvalue weighted by Gasteiger charge is 2.16. The third-order valence-corrected chi connectivity index (χ3v) is 6.28. The fourth-order valence-electron chi connectivity index (χ4n) is 3.81. The number of imidazole rings is 1. The zero-order valence-corrected chi connectivity index (χ0v) is 19.6. The molecule has 0 radical (unpaired) electrons. The molecule has 32 heavy (non-hydrogen) atoms. The van der Waals surface area contributed by atoms with E-state index in [9.17, 15) is 4.79 Å². The molecule has 1 amide bonds. The fourth-order valence-corrected chi connectivity index (χ4v) is 4.11. The second-order valence-corrected chi connectivity index (χ2v) is 8.70. The summed E-state index contributed by atoms with van der Waals surface area (Å²) in [4.78, 5) is 22.0. The molecule has 0 saturated heterocycles. The monoisotopic (exact) mass is 471 g/mol. The van der Waals surface area contributed by atoms with Gasteiger partial charge in [-0.15, -0.1) is 0 Å². The Kier molecular flexibility index (Phi) is 7.33. The Hall–Kier alpha value is -2.57. The molecule has 1 aliphatic rings. The zero-order chi connectivity index (χ0) is 22.5. The lowest BCUT2D eigenvalue weighted by atomic mass is 10.2. The Morgan fingerprint density at radius 2 is 2.06 bits per heavy atom. The maximum Gasteiger partial charge on any atom is 0.251 e. The number of hydrogen-bond donors (Lipinski definition) is 2. The van der Waals surface area contributed by atoms with E-state index < -0.39 is 0 Å². The number of carbonyl (C=O) groups excluding carboxylic acids is 1. The molecule has 168 valence electrons. The molecule has 0 bridgehead atoms. The molecule has 2 N–H and O–H groups in total. The number of carbonyl (C=O) groups is 1. The summed E-state index contributed by atoms with van der Waals surface area (Å²) in [7, 11) is 0. The minimum Gasteiger partial charge on any atom is -0.374 e. The Morgan fingerprint density at radius 3 is 2.81 bits per heavy atom. The van der Waals surface area contributed by atoms with Gasteiger partial charge in [0.25, 0.3) is 5.91 Å². The highest BCUT2D eigenvalue weighted by atomic mass is 35.5. The van der Waals surface area contributed by atoms with Gasteiger partial charge in [-0.25, -0.2) is 4.98 Å². The number of amides is 1. The van der Waals surface area contributed by atoms with Crippen LogP contribution in [0.2, 0.25) is 10.0 Å². The Bertz CT molecular complexity index is 1150. The first-order valence-corrected chi connectivity index (χ1v) is 11.8. The largest absolute Gasteiger partial charge is 0.374 e. The van der Waals surface area contributed by atoms with Crippen molar-refractivity contribution < 1.29 is 4.79 Å². The van der Waals surface area contributed by atoms with Gasteiger partial charge in [-0.05, 0) is 49.2 Å². The highest BCUT2D eigenvalue weighted by Crippen LogP contribution is 2.31. The van der Waals surface area contributed by atoms with Crippen LogP contribution in [0.1, 0.15) is 43.0 Å². The molecule has 6 nitrogen and oxygen atoms in total. The van der Waals surface area contributed by atoms with Crippen LogP contribution < -0.4 is 10.6 Å². The molecule has 1 aromatic heterocycles. The normalized spacial score (nSPS) is 13.7. The van der Waals surface area contributed by atoms with Crippen molar-refractivity contribution in [1.82, 2.24) is 20.2 Å². The van der Waals surface area contributed by atoms with Gasteiger partial charge in [0, 0.05) is 43.7 Å². The van der Waals surface area contributed by atoms with E-state index in [4.69, 9.17) is 28.2 Å². The maximum atomic E-state index is 12.7. The van der Waals surface area contributed by atoms with Crippen molar-refractivity contribution in [3.63, 3.8) is 0 Å². The smallest absolute Gasteiger partial charge is 0.251 e. The summed E-state index contributed by atoms with van der Waals surface area (Å²) in [5, 5.41) is 7.27. The molecule has 0 atom stereocenters. The number of nitrogens with one attached hydrogen (secondary N) is 2. The van der Waals surface area contributed by atoms with E-state index >= 15 is 0 Å². The minimum atomic E-state index is -0.109. The van der Waals surface area contributed by atoms with Crippen LogP contribution in [0.4, 0.5) is 0 Å². The van der Waals surface area contributed by atoms with Gasteiger partial charge in [0.1, 0.15) is 5.82 Å². The molecular formula is C24H27Cl2N5O. The van der Waals surface area contributed by atoms with Crippen LogP contribution in [0.3, 0.4) is 0 Å². The minimum absolute atomic E-state index is 0.109. The summed E-state index contributed by atoms with van der Waals surface area (Å²) in [6, 6.07) is 11.2. The Labute approximate surface area is 198 Å². The lowest BCUT2D eigenvalue weighted by molar-refractivity contribution is 0.0955. The number of aromatic nitrogens is 2. The van der Waals surface area contributed by atoms with Crippen molar-refractivity contribution in [3.05, 3.63) is 52.0 Å². The SMILES string of the molecule is CCCCn1c(-c2ccc(Cl)c(Cl)c2)nc2cc(C(=O)NCCC3=NCCCN3)ccc21. The van der Waals surface area contributed by atoms with Gasteiger partial charge in [-0.3, -0.25) is 9.79 Å². The van der Waals surface area contributed by atoms with Gasteiger partial charge in [-0.2, -0.15) is 0 Å². The number of aryl methyl sites for hydroxylation is 1. The van der Waals surface area contributed by atoms with E-state index in [1.165, 1.54) is 0 Å². The molecule has 1 aliphatic heterocycles. The number of fused-ring (bicyclic) bond motifs is 1. The Morgan fingerprint density at radius 1 is 1.19 bits per heavy atom. The zero-order valence-electron chi connectivity index (χ0n) is 18.1. The topological polar surface area (TPSA) is 71.3 Å². The summed E-state index contributed by atoms with van der Waals surface area (Å²) in [5.41, 5.74) is 3.28. The number of nitrogens with zero attached hydrogens (tertiary/aromatic N) is 3. The summed E-state index contributed by atoms with van der Waals surface area (Å²) in [6.07, 6.45) is 3.87. The van der Waals surface area contributed by atoms with Crippen molar-refractivity contribution in [3.8, 4) is 11.4 Å². The van der Waals surface area contributed by atoms with Crippen molar-refractivity contribution in [2.75, 3.05) is 19.6 Å². The second-order valence-electron chi connectivity index (χ2n) is 7.89. The van der Waals surface area contributed by atoms with Crippen molar-refractivity contribution >= 4 is 46.0 Å². The summed E-state index contributed by atoms with van der Waals surface area (Å²) < 4.78 is 2.19. The molecule has 3 aromatic rings. The maximum absolute atomic E-state index is 12.7. The van der Waals surface area contributed by atoms with Crippen molar-refractivity contribution in [2.24, 2.45) is 4.99 Å². The van der Waals surface area contributed by atoms with Crippen LogP contribution >= 0.6 is 23.2 Å². The van der Waals surface area contributed by atoms with E-state index in [-0.39, 0.29) is 5.91 Å². The van der Waals surface area contributed by atoms with E-state index in [1.54, 1.807) is 6.07 Å². The lowest BCUT2D eigenvalue weighted by Crippen LogP contribution is -2.33. The van der Waals surface area contributed by atoms with Crippen LogP contribution in [-0.2, 0) is 6.54 Å². The molecule has 4 rings (SSSR count). The molecule has 0 spiro atoms. The average molecular weight is 472 g/mol. The number of unbranched alkanes of at least 4 members (excludes halogenated alkanes) is 1. The highest BCUT2D eigenvalue weighted by molar-refractivity contribution is 6.42. The van der Waals surface area contributed by atoms with Gasteiger partial charge in [0.2, 0.25) is 0 Å². The van der Waals surface area contributed by atoms with Gasteiger partial charge in [0.05, 0.1) is 26.9 Å². The number of hydrogen-bond acceptors (Lipinski definition) is 4. The van der Waals surface area contributed by atoms with E-state index in [0.717, 1.165) is 67.2 Å².